The van der Waals surface area contributed by atoms with Crippen molar-refractivity contribution in [2.24, 2.45) is 0 Å². The van der Waals surface area contributed by atoms with Crippen molar-refractivity contribution in [2.75, 3.05) is 4.98 Å². The lowest BCUT2D eigenvalue weighted by Crippen LogP contribution is -2.68. The third-order valence-electron chi connectivity index (χ3n) is 3.67. The Morgan fingerprint density at radius 3 is 0.895 bits per heavy atom. The van der Waals surface area contributed by atoms with Crippen LogP contribution in [0, 0.1) is 0 Å². The van der Waals surface area contributed by atoms with Crippen LogP contribution in [0.15, 0.2) is 30.3 Å². The minimum absolute atomic E-state index is 0.389. The van der Waals surface area contributed by atoms with Crippen LogP contribution in [-0.4, -0.2) is 64.3 Å². The molecule has 0 amide bonds. The molecular weight excluding hydrogens is 612 g/mol. The molecule has 0 aliphatic carbocycles. The molecule has 0 aromatic heterocycles. The summed E-state index contributed by atoms with van der Waals surface area (Å²) < 4.78 is 244. The first kappa shape index (κ1) is 33.9. The zero-order valence-electron chi connectivity index (χ0n) is 17.1. The quantitative estimate of drug-likeness (QED) is 0.249. The zero-order chi connectivity index (χ0) is 30.2. The topological polar surface area (TPSA) is 39.7 Å². The molecule has 0 aliphatic rings. The first-order valence-electron chi connectivity index (χ1n) is 8.86. The second-order valence-corrected chi connectivity index (χ2v) is 8.86. The smallest absolute Gasteiger partial charge is 0.344 e. The number of hydrogen-bond acceptors (Lipinski definition) is 4. The molecule has 1 N–H and O–H groups in total. The lowest BCUT2D eigenvalue weighted by molar-refractivity contribution is -0.342. The molecule has 0 fully saturated rings. The molecule has 0 bridgehead atoms. The third kappa shape index (κ3) is 9.55. The predicted molar refractivity (Wildman–Crippen MR) is 86.8 cm³/mol. The molecule has 1 rings (SSSR count). The van der Waals surface area contributed by atoms with Crippen LogP contribution in [0.25, 0.3) is 0 Å². The van der Waals surface area contributed by atoms with E-state index in [2.05, 4.69) is 13.3 Å². The fourth-order valence-corrected chi connectivity index (χ4v) is 4.89. The zero-order valence-corrected chi connectivity index (χ0v) is 18.1. The molecule has 0 atom stereocenters. The van der Waals surface area contributed by atoms with Gasteiger partial charge < -0.3 is 18.3 Å². The van der Waals surface area contributed by atoms with E-state index in [-0.39, 0.29) is 0 Å². The second kappa shape index (κ2) is 10.8. The Labute approximate surface area is 198 Å². The molecule has 38 heavy (non-hydrogen) atoms. The van der Waals surface area contributed by atoms with E-state index in [0.29, 0.717) is 24.3 Å². The molecule has 0 aliphatic heterocycles. The second-order valence-electron chi connectivity index (χ2n) is 6.79. The molecule has 1 aromatic carbocycles. The lowest BCUT2D eigenvalue weighted by atomic mass is 10.3. The van der Waals surface area contributed by atoms with Crippen molar-refractivity contribution in [2.45, 2.75) is 55.4 Å². The minimum atomic E-state index is -7.95. The van der Waals surface area contributed by atoms with Crippen LogP contribution >= 0.6 is 0 Å². The van der Waals surface area contributed by atoms with Gasteiger partial charge in [-0.2, -0.15) is 79.0 Å². The maximum absolute atomic E-state index is 13.0. The maximum atomic E-state index is 13.0. The molecule has 1 aromatic rings. The van der Waals surface area contributed by atoms with Crippen LogP contribution in [0.2, 0.25) is 0 Å². The summed E-state index contributed by atoms with van der Waals surface area (Å²) in [6, 6.07) is 3.15. The summed E-state index contributed by atoms with van der Waals surface area (Å²) in [6.07, 6.45) is -58.1. The summed E-state index contributed by atoms with van der Waals surface area (Å²) in [6.45, 7) is 0. The molecule has 0 radical (unpaired) electrons. The van der Waals surface area contributed by atoms with E-state index >= 15 is 0 Å². The largest absolute Gasteiger partial charge is 0.633 e. The highest BCUT2D eigenvalue weighted by Crippen LogP contribution is 2.44. The van der Waals surface area contributed by atoms with Crippen molar-refractivity contribution >= 4 is 14.7 Å². The number of hydrogen-bond donors (Lipinski definition) is 1. The molecule has 0 unspecified atom stereocenters. The van der Waals surface area contributed by atoms with Gasteiger partial charge in [0.05, 0.1) is 0 Å². The van der Waals surface area contributed by atoms with Crippen molar-refractivity contribution in [1.29, 1.82) is 0 Å². The molecule has 4 nitrogen and oxygen atoms in total. The van der Waals surface area contributed by atoms with Gasteiger partial charge in [0.15, 0.2) is 0 Å². The first-order chi connectivity index (χ1) is 16.6. The summed E-state index contributed by atoms with van der Waals surface area (Å²) in [7, 11) is -7.95. The minimum Gasteiger partial charge on any atom is -0.344 e. The van der Waals surface area contributed by atoms with E-state index in [1.807, 2.05) is 0 Å². The van der Waals surface area contributed by atoms with Gasteiger partial charge in [0.2, 0.25) is 18.3 Å². The van der Waals surface area contributed by atoms with Crippen LogP contribution in [0.4, 0.5) is 84.7 Å². The van der Waals surface area contributed by atoms with Gasteiger partial charge >= 0.3 is 46.0 Å². The highest BCUT2D eigenvalue weighted by Gasteiger charge is 2.71. The van der Waals surface area contributed by atoms with Crippen LogP contribution in [0.5, 0.6) is 0 Å². The third-order valence-corrected chi connectivity index (χ3v) is 5.91. The molecule has 0 spiro atoms. The predicted octanol–water partition coefficient (Wildman–Crippen LogP) is 7.06. The van der Waals surface area contributed by atoms with Gasteiger partial charge in [0.1, 0.15) is 0 Å². The van der Waals surface area contributed by atoms with Crippen molar-refractivity contribution in [1.82, 2.24) is 0 Å². The van der Waals surface area contributed by atoms with E-state index in [1.54, 1.807) is 0 Å². The van der Waals surface area contributed by atoms with E-state index in [1.165, 1.54) is 0 Å². The van der Waals surface area contributed by atoms with Gasteiger partial charge in [0, 0.05) is 5.69 Å². The van der Waals surface area contributed by atoms with Crippen LogP contribution in [-0.2, 0) is 13.3 Å². The van der Waals surface area contributed by atoms with Gasteiger partial charge in [-0.1, -0.05) is 18.2 Å². The molecule has 0 saturated carbocycles. The lowest BCUT2D eigenvalue weighted by Gasteiger charge is -2.39. The number of anilines is 1. The van der Waals surface area contributed by atoms with Gasteiger partial charge in [-0.3, -0.25) is 0 Å². The molecular formula is C15H9F18NO3Si. The van der Waals surface area contributed by atoms with E-state index in [4.69, 9.17) is 0 Å². The monoisotopic (exact) mass is 621 g/mol. The van der Waals surface area contributed by atoms with Crippen molar-refractivity contribution in [3.63, 3.8) is 0 Å². The summed E-state index contributed by atoms with van der Waals surface area (Å²) >= 11 is 0. The molecule has 222 valence electrons. The van der Waals surface area contributed by atoms with Gasteiger partial charge in [0.25, 0.3) is 0 Å². The molecule has 0 heterocycles. The highest BCUT2D eigenvalue weighted by atomic mass is 28.4. The van der Waals surface area contributed by atoms with Gasteiger partial charge in [-0.05, 0) is 12.1 Å². The highest BCUT2D eigenvalue weighted by molar-refractivity contribution is 6.64. The fraction of sp³-hybridized carbons (Fsp3) is 0.600. The van der Waals surface area contributed by atoms with Crippen LogP contribution < -0.4 is 4.98 Å². The van der Waals surface area contributed by atoms with E-state index in [0.717, 1.165) is 11.0 Å². The number of halogens is 18. The average molecular weight is 621 g/mol. The first-order valence-corrected chi connectivity index (χ1v) is 10.6. The summed E-state index contributed by atoms with van der Waals surface area (Å²) in [5.41, 5.74) is -1.26. The Kier molecular flexibility index (Phi) is 9.62. The van der Waals surface area contributed by atoms with Gasteiger partial charge in [-0.15, -0.1) is 0 Å². The number of rotatable bonds is 8. The van der Waals surface area contributed by atoms with Crippen LogP contribution in [0.1, 0.15) is 0 Å². The standard InChI is InChI=1S/C15H9F18NO3Si/c16-10(17,18)7(11(19,20)21)35-38(34-6-4-2-1-3-5-6,36-8(12(22,23)24)13(25,26)27)37-9(14(28,29)30)15(31,32)33/h1-5,7-9,34H. The Morgan fingerprint density at radius 1 is 0.447 bits per heavy atom. The van der Waals surface area contributed by atoms with Gasteiger partial charge in [-0.25, -0.2) is 0 Å². The van der Waals surface area contributed by atoms with E-state index < -0.39 is 70.0 Å². The SMILES string of the molecule is FC(F)(F)C(O[Si](Nc1ccccc1)(OC(C(F)(F)F)C(F)(F)F)OC(C(F)(F)F)C(F)(F)F)C(F)(F)F. The van der Waals surface area contributed by atoms with Crippen molar-refractivity contribution in [3.8, 4) is 0 Å². The Morgan fingerprint density at radius 2 is 0.684 bits per heavy atom. The Balaban J connectivity index is 4.04. The van der Waals surface area contributed by atoms with Crippen LogP contribution in [0.3, 0.4) is 0 Å². The molecule has 0 saturated heterocycles. The number of para-hydroxylation sites is 1. The number of benzene rings is 1. The van der Waals surface area contributed by atoms with Crippen molar-refractivity contribution in [3.05, 3.63) is 30.3 Å². The summed E-state index contributed by atoms with van der Waals surface area (Å²) in [4.78, 5) is 0.789. The maximum Gasteiger partial charge on any atom is 0.633 e. The normalized spacial score (nSPS) is 15.1. The van der Waals surface area contributed by atoms with Crippen molar-refractivity contribution < 1.29 is 92.3 Å². The molecule has 23 heteroatoms. The summed E-state index contributed by atoms with van der Waals surface area (Å²) in [5.74, 6) is 0. The Hall–Kier alpha value is -2.14. The number of alkyl halides is 18. The summed E-state index contributed by atoms with van der Waals surface area (Å²) in [5, 5.41) is 0. The average Bonchev–Trinajstić information content (AvgIpc) is 2.64. The van der Waals surface area contributed by atoms with E-state index in [9.17, 15) is 79.0 Å². The number of nitrogens with one attached hydrogen (secondary N) is 1. The Bertz CT molecular complexity index is 763. The fourth-order valence-electron chi connectivity index (χ4n) is 2.29.